The smallest absolute Gasteiger partial charge is 0.269 e. The summed E-state index contributed by atoms with van der Waals surface area (Å²) >= 11 is 15.0. The Hall–Kier alpha value is -9.61. The highest BCUT2D eigenvalue weighted by molar-refractivity contribution is 9.09. The number of nitro benzene ring substituents is 2. The molecule has 3 aromatic heterocycles. The van der Waals surface area contributed by atoms with Gasteiger partial charge in [0, 0.05) is 85.9 Å². The summed E-state index contributed by atoms with van der Waals surface area (Å²) in [5, 5.41) is 22.0. The van der Waals surface area contributed by atoms with E-state index in [4.69, 9.17) is 42.2 Å². The number of rotatable bonds is 13. The molecule has 0 saturated carbocycles. The van der Waals surface area contributed by atoms with E-state index in [1.807, 2.05) is 140 Å². The van der Waals surface area contributed by atoms with Crippen molar-refractivity contribution < 1.29 is 32.7 Å². The number of halogens is 3. The third-order valence-electron chi connectivity index (χ3n) is 11.5. The number of alkyl halides is 1. The number of non-ortho nitro benzene ring substituents is 2. The Kier molecular flexibility index (Phi) is 19.0. The molecule has 392 valence electrons. The fourth-order valence-electron chi connectivity index (χ4n) is 7.40. The largest absolute Gasteiger partial charge is 0.444 e. The average Bonchev–Trinajstić information content (AvgIpc) is 4.33. The van der Waals surface area contributed by atoms with Crippen LogP contribution in [0.15, 0.2) is 238 Å². The number of carbonyl (C=O) groups is 2. The van der Waals surface area contributed by atoms with Crippen LogP contribution < -0.4 is 5.73 Å². The zero-order chi connectivity index (χ0) is 55.7. The van der Waals surface area contributed by atoms with E-state index in [1.54, 1.807) is 49.1 Å². The predicted octanol–water partition coefficient (Wildman–Crippen LogP) is 16.4. The van der Waals surface area contributed by atoms with Crippen molar-refractivity contribution in [3.63, 3.8) is 0 Å². The van der Waals surface area contributed by atoms with E-state index in [0.29, 0.717) is 44.5 Å². The van der Waals surface area contributed by atoms with Crippen LogP contribution in [-0.2, 0) is 6.42 Å². The van der Waals surface area contributed by atoms with E-state index in [9.17, 15) is 29.8 Å². The molecule has 0 unspecified atom stereocenters. The van der Waals surface area contributed by atoms with Crippen molar-refractivity contribution in [1.29, 1.82) is 0 Å². The summed E-state index contributed by atoms with van der Waals surface area (Å²) in [5.41, 5.74) is 16.0. The Morgan fingerprint density at radius 3 is 1.24 bits per heavy atom. The minimum absolute atomic E-state index is 0.00822. The topological polar surface area (TPSA) is 225 Å². The molecular weight excluding hydrogens is 1110 g/mol. The molecule has 15 nitrogen and oxygen atoms in total. The first-order valence-electron chi connectivity index (χ1n) is 23.9. The summed E-state index contributed by atoms with van der Waals surface area (Å²) < 4.78 is 16.5. The second-order valence-electron chi connectivity index (χ2n) is 16.9. The third-order valence-corrected chi connectivity index (χ3v) is 12.6. The van der Waals surface area contributed by atoms with Crippen LogP contribution in [0.2, 0.25) is 10.0 Å². The molecule has 0 radical (unpaired) electrons. The number of nitrogens with zero attached hydrogens (tertiary/aromatic N) is 5. The van der Waals surface area contributed by atoms with Crippen LogP contribution in [0.1, 0.15) is 26.3 Å². The van der Waals surface area contributed by atoms with Gasteiger partial charge in [0.25, 0.3) is 11.4 Å². The summed E-state index contributed by atoms with van der Waals surface area (Å²) in [6.07, 6.45) is 5.10. The molecule has 0 saturated heterocycles. The Bertz CT molecular complexity index is 3800. The number of benzene rings is 8. The van der Waals surface area contributed by atoms with Gasteiger partial charge in [-0.15, -0.1) is 0 Å². The van der Waals surface area contributed by atoms with Crippen LogP contribution in [0.25, 0.3) is 68.1 Å². The van der Waals surface area contributed by atoms with E-state index in [0.717, 1.165) is 56.0 Å². The molecule has 11 aromatic rings. The number of carbonyl (C=O) groups excluding carboxylic acids is 2. The maximum Gasteiger partial charge on any atom is 0.269 e. The van der Waals surface area contributed by atoms with Gasteiger partial charge in [-0.3, -0.25) is 29.8 Å². The lowest BCUT2D eigenvalue weighted by molar-refractivity contribution is -0.385. The summed E-state index contributed by atoms with van der Waals surface area (Å²) in [6, 6.07) is 61.0. The molecule has 11 rings (SSSR count). The van der Waals surface area contributed by atoms with Crippen molar-refractivity contribution >= 4 is 67.8 Å². The average molecular weight is 1150 g/mol. The predicted molar refractivity (Wildman–Crippen MR) is 309 cm³/mol. The normalized spacial score (nSPS) is 10.4. The van der Waals surface area contributed by atoms with Crippen LogP contribution in [0.4, 0.5) is 17.1 Å². The molecule has 0 fully saturated rings. The first-order valence-corrected chi connectivity index (χ1v) is 25.7. The molecule has 79 heavy (non-hydrogen) atoms. The summed E-state index contributed by atoms with van der Waals surface area (Å²) in [5.74, 6) is 1.59. The maximum atomic E-state index is 12.5. The van der Waals surface area contributed by atoms with Gasteiger partial charge in [-0.25, -0.2) is 15.0 Å². The molecule has 0 aliphatic rings. The number of hydrogen-bond donors (Lipinski definition) is 1. The van der Waals surface area contributed by atoms with E-state index in [-0.39, 0.29) is 34.7 Å². The van der Waals surface area contributed by atoms with Crippen LogP contribution in [0, 0.1) is 20.2 Å². The highest BCUT2D eigenvalue weighted by Gasteiger charge is 2.15. The molecular formula is C61H43BrCl2N6O9. The lowest BCUT2D eigenvalue weighted by atomic mass is 10.0. The van der Waals surface area contributed by atoms with Crippen LogP contribution >= 0.6 is 39.1 Å². The highest BCUT2D eigenvalue weighted by atomic mass is 79.9. The SMILES string of the molecule is Nc1ccc(-c2coc(-c3ccccc3)n2)cc1.O=C(CBr)c1ccc([N+](=O)[O-])cc1.O=C(Cc1ccc(-c2coc(-c3ccccc3)n2)cc1)c1ccc(Cl)cc1Cl.O=[N+]([O-])c1ccc(-c2coc(-c3ccccc3)n2)cc1. The van der Waals surface area contributed by atoms with Gasteiger partial charge >= 0.3 is 0 Å². The molecule has 18 heteroatoms. The Balaban J connectivity index is 0.000000144. The molecule has 0 amide bonds. The number of nitrogens with two attached hydrogens (primary N) is 1. The Labute approximate surface area is 470 Å². The van der Waals surface area contributed by atoms with Crippen molar-refractivity contribution in [3.8, 4) is 68.1 Å². The van der Waals surface area contributed by atoms with Gasteiger partial charge in [0.2, 0.25) is 17.7 Å². The van der Waals surface area contributed by atoms with E-state index in [2.05, 4.69) is 30.9 Å². The van der Waals surface area contributed by atoms with Gasteiger partial charge in [-0.1, -0.05) is 130 Å². The quantitative estimate of drug-likeness (QED) is 0.0373. The molecule has 0 bridgehead atoms. The second kappa shape index (κ2) is 26.9. The molecule has 0 spiro atoms. The first-order chi connectivity index (χ1) is 38.3. The standard InChI is InChI=1S/C23H15Cl2NO2.C15H10N2O3.C15H12N2O.C8H6BrNO3/c24-18-10-11-19(20(25)13-18)22(27)12-15-6-8-16(9-7-15)21-14-28-23(26-21)17-4-2-1-3-5-17;18-17(19)13-8-6-11(7-9-13)14-10-20-15(16-14)12-4-2-1-3-5-12;16-13-8-6-11(7-9-13)14-10-18-15(17-14)12-4-2-1-3-5-12;9-5-8(11)6-1-3-7(4-2-6)10(12)13/h1-11,13-14H,12H2;1-10H;1-10H,16H2;1-4H,5H2. The zero-order valence-corrected chi connectivity index (χ0v) is 44.5. The van der Waals surface area contributed by atoms with Gasteiger partial charge in [0.05, 0.1) is 20.2 Å². The zero-order valence-electron chi connectivity index (χ0n) is 41.4. The molecule has 8 aromatic carbocycles. The number of nitro groups is 2. The number of ketones is 2. The van der Waals surface area contributed by atoms with E-state index >= 15 is 0 Å². The van der Waals surface area contributed by atoms with Gasteiger partial charge in [-0.05, 0) is 96.6 Å². The van der Waals surface area contributed by atoms with Crippen molar-refractivity contribution in [2.45, 2.75) is 6.42 Å². The fourth-order valence-corrected chi connectivity index (χ4v) is 8.24. The summed E-state index contributed by atoms with van der Waals surface area (Å²) in [4.78, 5) is 56.9. The van der Waals surface area contributed by atoms with Crippen LogP contribution in [0.3, 0.4) is 0 Å². The first kappa shape index (κ1) is 55.6. The highest BCUT2D eigenvalue weighted by Crippen LogP contribution is 2.29. The fraction of sp³-hybridized carbons (Fsp3) is 0.0328. The number of oxazole rings is 3. The monoisotopic (exact) mass is 1150 g/mol. The minimum Gasteiger partial charge on any atom is -0.444 e. The molecule has 3 heterocycles. The summed E-state index contributed by atoms with van der Waals surface area (Å²) in [7, 11) is 0. The minimum atomic E-state index is -0.498. The molecule has 0 aliphatic heterocycles. The lowest BCUT2D eigenvalue weighted by Gasteiger charge is -2.05. The Morgan fingerprint density at radius 1 is 0.481 bits per heavy atom. The molecule has 0 atom stereocenters. The van der Waals surface area contributed by atoms with Crippen molar-refractivity contribution in [2.75, 3.05) is 11.1 Å². The lowest BCUT2D eigenvalue weighted by Crippen LogP contribution is -2.04. The van der Waals surface area contributed by atoms with Crippen molar-refractivity contribution in [3.05, 3.63) is 272 Å². The third kappa shape index (κ3) is 15.3. The number of Topliss-reactive ketones (excluding diaryl/α,β-unsaturated/α-hetero) is 2. The van der Waals surface area contributed by atoms with Gasteiger partial charge in [-0.2, -0.15) is 0 Å². The second-order valence-corrected chi connectivity index (χ2v) is 18.3. The number of anilines is 1. The van der Waals surface area contributed by atoms with Gasteiger partial charge < -0.3 is 19.0 Å². The van der Waals surface area contributed by atoms with Crippen LogP contribution in [-0.4, -0.2) is 41.7 Å². The maximum absolute atomic E-state index is 12.5. The number of hydrogen-bond acceptors (Lipinski definition) is 13. The number of nitrogen functional groups attached to an aromatic ring is 1. The van der Waals surface area contributed by atoms with Crippen molar-refractivity contribution in [2.24, 2.45) is 0 Å². The summed E-state index contributed by atoms with van der Waals surface area (Å²) in [6.45, 7) is 0. The Morgan fingerprint density at radius 2 is 0.861 bits per heavy atom. The van der Waals surface area contributed by atoms with Crippen LogP contribution in [0.5, 0.6) is 0 Å². The van der Waals surface area contributed by atoms with Gasteiger partial charge in [0.1, 0.15) is 35.9 Å². The van der Waals surface area contributed by atoms with Gasteiger partial charge in [0.15, 0.2) is 11.6 Å². The molecule has 2 N–H and O–H groups in total. The molecule has 0 aliphatic carbocycles. The van der Waals surface area contributed by atoms with E-state index in [1.165, 1.54) is 36.4 Å². The van der Waals surface area contributed by atoms with E-state index < -0.39 is 9.85 Å². The van der Waals surface area contributed by atoms with Crippen molar-refractivity contribution in [1.82, 2.24) is 15.0 Å². The number of aromatic nitrogens is 3.